The third-order valence-corrected chi connectivity index (χ3v) is 4.53. The van der Waals surface area contributed by atoms with Crippen LogP contribution in [0.4, 0.5) is 5.69 Å². The molecule has 0 unspecified atom stereocenters. The van der Waals surface area contributed by atoms with Gasteiger partial charge in [-0.3, -0.25) is 9.79 Å². The number of carbonyl (C=O) groups is 1. The lowest BCUT2D eigenvalue weighted by Crippen LogP contribution is -2.44. The number of aryl methyl sites for hydroxylation is 1. The summed E-state index contributed by atoms with van der Waals surface area (Å²) >= 11 is 0. The number of amides is 1. The molecule has 25 heavy (non-hydrogen) atoms. The van der Waals surface area contributed by atoms with Crippen LogP contribution in [0, 0.1) is 6.92 Å². The maximum Gasteiger partial charge on any atom is 0.246 e. The van der Waals surface area contributed by atoms with Crippen LogP contribution in [-0.2, 0) is 17.8 Å². The lowest BCUT2D eigenvalue weighted by Gasteiger charge is -2.19. The molecule has 0 spiro atoms. The molecule has 2 N–H and O–H groups in total. The average molecular weight is 336 g/mol. The summed E-state index contributed by atoms with van der Waals surface area (Å²) in [6, 6.07) is 16.3. The molecule has 1 aliphatic rings. The van der Waals surface area contributed by atoms with E-state index in [2.05, 4.69) is 40.7 Å². The van der Waals surface area contributed by atoms with Gasteiger partial charge >= 0.3 is 0 Å². The number of hydrogen-bond acceptors (Lipinski definition) is 2. The summed E-state index contributed by atoms with van der Waals surface area (Å²) in [5.74, 6) is 0.688. The largest absolute Gasteiger partial charge is 0.352 e. The molecule has 1 aliphatic heterocycles. The van der Waals surface area contributed by atoms with Crippen LogP contribution in [0.2, 0.25) is 0 Å². The van der Waals surface area contributed by atoms with Crippen molar-refractivity contribution < 1.29 is 4.79 Å². The first-order chi connectivity index (χ1) is 12.2. The zero-order valence-electron chi connectivity index (χ0n) is 14.7. The highest BCUT2D eigenvalue weighted by Crippen LogP contribution is 2.27. The number of benzene rings is 2. The second kappa shape index (κ2) is 7.83. The zero-order valence-corrected chi connectivity index (χ0v) is 14.7. The molecule has 3 rings (SSSR count). The molecular formula is C20H24N4O. The number of carbonyl (C=O) groups excluding carboxylic acids is 1. The summed E-state index contributed by atoms with van der Waals surface area (Å²) in [7, 11) is 1.71. The number of guanidine groups is 1. The predicted molar refractivity (Wildman–Crippen MR) is 102 cm³/mol. The van der Waals surface area contributed by atoms with Crippen molar-refractivity contribution in [3.8, 4) is 0 Å². The maximum absolute atomic E-state index is 12.5. The van der Waals surface area contributed by atoms with Crippen molar-refractivity contribution in [1.29, 1.82) is 0 Å². The SMILES string of the molecule is CN=C(NCC(=O)N1CCc2ccccc21)NCc1ccccc1C. The molecule has 5 heteroatoms. The number of nitrogens with zero attached hydrogens (tertiary/aromatic N) is 2. The molecule has 2 aromatic rings. The number of aliphatic imine (C=N–C) groups is 1. The molecule has 0 fully saturated rings. The standard InChI is InChI=1S/C20H24N4O/c1-15-7-3-4-9-17(15)13-22-20(21-2)23-14-19(25)24-12-11-16-8-5-6-10-18(16)24/h3-10H,11-14H2,1-2H3,(H2,21,22,23). The molecule has 0 aliphatic carbocycles. The van der Waals surface area contributed by atoms with Crippen LogP contribution in [0.3, 0.4) is 0 Å². The highest BCUT2D eigenvalue weighted by Gasteiger charge is 2.23. The van der Waals surface area contributed by atoms with Crippen molar-refractivity contribution in [2.45, 2.75) is 19.9 Å². The van der Waals surface area contributed by atoms with Crippen LogP contribution in [0.5, 0.6) is 0 Å². The van der Waals surface area contributed by atoms with Gasteiger partial charge in [-0.2, -0.15) is 0 Å². The lowest BCUT2D eigenvalue weighted by molar-refractivity contribution is -0.117. The van der Waals surface area contributed by atoms with Crippen LogP contribution in [0.25, 0.3) is 0 Å². The second-order valence-electron chi connectivity index (χ2n) is 6.13. The smallest absolute Gasteiger partial charge is 0.246 e. The van der Waals surface area contributed by atoms with Crippen LogP contribution in [-0.4, -0.2) is 32.0 Å². The molecule has 130 valence electrons. The van der Waals surface area contributed by atoms with E-state index >= 15 is 0 Å². The summed E-state index contributed by atoms with van der Waals surface area (Å²) in [5.41, 5.74) is 4.70. The van der Waals surface area contributed by atoms with E-state index in [9.17, 15) is 4.79 Å². The van der Waals surface area contributed by atoms with Crippen LogP contribution >= 0.6 is 0 Å². The van der Waals surface area contributed by atoms with Gasteiger partial charge in [0.05, 0.1) is 6.54 Å². The number of rotatable bonds is 4. The zero-order chi connectivity index (χ0) is 17.6. The van der Waals surface area contributed by atoms with Gasteiger partial charge in [0.2, 0.25) is 5.91 Å². The Bertz CT molecular complexity index is 785. The monoisotopic (exact) mass is 336 g/mol. The van der Waals surface area contributed by atoms with Crippen molar-refractivity contribution in [2.24, 2.45) is 4.99 Å². The Labute approximate surface area is 148 Å². The Kier molecular flexibility index (Phi) is 5.33. The number of nitrogens with one attached hydrogen (secondary N) is 2. The van der Waals surface area contributed by atoms with E-state index in [1.54, 1.807) is 7.05 Å². The Morgan fingerprint density at radius 3 is 2.68 bits per heavy atom. The van der Waals surface area contributed by atoms with Crippen molar-refractivity contribution >= 4 is 17.6 Å². The van der Waals surface area contributed by atoms with Crippen LogP contribution in [0.15, 0.2) is 53.5 Å². The van der Waals surface area contributed by atoms with E-state index in [4.69, 9.17) is 0 Å². The van der Waals surface area contributed by atoms with Gasteiger partial charge in [-0.25, -0.2) is 0 Å². The molecule has 0 saturated heterocycles. The number of hydrogen-bond donors (Lipinski definition) is 2. The molecule has 2 aromatic carbocycles. The van der Waals surface area contributed by atoms with Gasteiger partial charge in [-0.05, 0) is 36.1 Å². The van der Waals surface area contributed by atoms with Gasteiger partial charge in [-0.15, -0.1) is 0 Å². The molecule has 1 amide bonds. The first kappa shape index (κ1) is 17.0. The maximum atomic E-state index is 12.5. The molecule has 1 heterocycles. The third-order valence-electron chi connectivity index (χ3n) is 4.53. The molecule has 0 saturated carbocycles. The van der Waals surface area contributed by atoms with Gasteiger partial charge in [-0.1, -0.05) is 42.5 Å². The molecule has 0 aromatic heterocycles. The Morgan fingerprint density at radius 1 is 1.12 bits per heavy atom. The van der Waals surface area contributed by atoms with E-state index in [1.165, 1.54) is 16.7 Å². The van der Waals surface area contributed by atoms with E-state index < -0.39 is 0 Å². The molecule has 0 radical (unpaired) electrons. The molecule has 0 atom stereocenters. The van der Waals surface area contributed by atoms with E-state index in [-0.39, 0.29) is 12.5 Å². The Balaban J connectivity index is 1.53. The summed E-state index contributed by atoms with van der Waals surface area (Å²) in [4.78, 5) is 18.6. The summed E-state index contributed by atoms with van der Waals surface area (Å²) < 4.78 is 0. The Hall–Kier alpha value is -2.82. The van der Waals surface area contributed by atoms with E-state index in [0.717, 1.165) is 18.7 Å². The Morgan fingerprint density at radius 2 is 1.88 bits per heavy atom. The fraction of sp³-hybridized carbons (Fsp3) is 0.300. The predicted octanol–water partition coefficient (Wildman–Crippen LogP) is 2.25. The first-order valence-electron chi connectivity index (χ1n) is 8.56. The summed E-state index contributed by atoms with van der Waals surface area (Å²) in [6.07, 6.45) is 0.919. The molecule has 5 nitrogen and oxygen atoms in total. The third kappa shape index (κ3) is 3.99. The average Bonchev–Trinajstić information content (AvgIpc) is 3.07. The van der Waals surface area contributed by atoms with Crippen molar-refractivity contribution in [2.75, 3.05) is 25.0 Å². The minimum absolute atomic E-state index is 0.0591. The van der Waals surface area contributed by atoms with E-state index in [0.29, 0.717) is 12.5 Å². The van der Waals surface area contributed by atoms with E-state index in [1.807, 2.05) is 35.2 Å². The van der Waals surface area contributed by atoms with Gasteiger partial charge in [0.25, 0.3) is 0 Å². The minimum Gasteiger partial charge on any atom is -0.352 e. The molecular weight excluding hydrogens is 312 g/mol. The normalized spacial score (nSPS) is 13.5. The quantitative estimate of drug-likeness (QED) is 0.665. The minimum atomic E-state index is 0.0591. The summed E-state index contributed by atoms with van der Waals surface area (Å²) in [5, 5.41) is 6.37. The topological polar surface area (TPSA) is 56.7 Å². The molecule has 0 bridgehead atoms. The number of fused-ring (bicyclic) bond motifs is 1. The number of anilines is 1. The van der Waals surface area contributed by atoms with Gasteiger partial charge in [0.15, 0.2) is 5.96 Å². The van der Waals surface area contributed by atoms with Crippen LogP contribution in [0.1, 0.15) is 16.7 Å². The second-order valence-corrected chi connectivity index (χ2v) is 6.13. The highest BCUT2D eigenvalue weighted by atomic mass is 16.2. The van der Waals surface area contributed by atoms with Crippen LogP contribution < -0.4 is 15.5 Å². The lowest BCUT2D eigenvalue weighted by atomic mass is 10.1. The number of para-hydroxylation sites is 1. The first-order valence-corrected chi connectivity index (χ1v) is 8.56. The fourth-order valence-corrected chi connectivity index (χ4v) is 3.06. The van der Waals surface area contributed by atoms with Gasteiger partial charge < -0.3 is 15.5 Å². The van der Waals surface area contributed by atoms with Gasteiger partial charge in [0.1, 0.15) is 0 Å². The van der Waals surface area contributed by atoms with Crippen molar-refractivity contribution in [3.05, 3.63) is 65.2 Å². The fourth-order valence-electron chi connectivity index (χ4n) is 3.06. The van der Waals surface area contributed by atoms with Crippen molar-refractivity contribution in [3.63, 3.8) is 0 Å². The summed E-state index contributed by atoms with van der Waals surface area (Å²) in [6.45, 7) is 3.73. The highest BCUT2D eigenvalue weighted by molar-refractivity contribution is 5.98. The van der Waals surface area contributed by atoms with Crippen molar-refractivity contribution in [1.82, 2.24) is 10.6 Å². The van der Waals surface area contributed by atoms with Gasteiger partial charge in [0, 0.05) is 25.8 Å².